The molecule has 3 heteroatoms. The molecule has 0 radical (unpaired) electrons. The number of aryl methyl sites for hydroxylation is 2. The van der Waals surface area contributed by atoms with E-state index in [2.05, 4.69) is 11.4 Å². The van der Waals surface area contributed by atoms with Crippen LogP contribution >= 0.6 is 0 Å². The summed E-state index contributed by atoms with van der Waals surface area (Å²) in [6.45, 7) is 5.87. The van der Waals surface area contributed by atoms with Crippen molar-refractivity contribution in [3.63, 3.8) is 0 Å². The van der Waals surface area contributed by atoms with Crippen LogP contribution in [0.3, 0.4) is 0 Å². The van der Waals surface area contributed by atoms with Gasteiger partial charge in [-0.25, -0.2) is 0 Å². The molecule has 122 valence electrons. The van der Waals surface area contributed by atoms with Crippen molar-refractivity contribution < 1.29 is 9.53 Å². The highest BCUT2D eigenvalue weighted by atomic mass is 16.5. The summed E-state index contributed by atoms with van der Waals surface area (Å²) in [5.74, 6) is 0.812. The van der Waals surface area contributed by atoms with E-state index in [0.717, 1.165) is 29.7 Å². The quantitative estimate of drug-likeness (QED) is 0.900. The summed E-state index contributed by atoms with van der Waals surface area (Å²) < 4.78 is 5.87. The molecule has 1 aliphatic carbocycles. The summed E-state index contributed by atoms with van der Waals surface area (Å²) >= 11 is 0. The second-order valence-electron chi connectivity index (χ2n) is 6.58. The Morgan fingerprint density at radius 2 is 1.77 bits per heavy atom. The van der Waals surface area contributed by atoms with E-state index in [1.807, 2.05) is 32.9 Å². The fourth-order valence-electron chi connectivity index (χ4n) is 3.00. The van der Waals surface area contributed by atoms with E-state index in [-0.39, 0.29) is 5.91 Å². The summed E-state index contributed by atoms with van der Waals surface area (Å²) in [5.41, 5.74) is 2.21. The third kappa shape index (κ3) is 5.04. The van der Waals surface area contributed by atoms with E-state index < -0.39 is 6.10 Å². The Bertz CT molecular complexity index is 490. The van der Waals surface area contributed by atoms with Gasteiger partial charge in [-0.2, -0.15) is 0 Å². The minimum absolute atomic E-state index is 0.00600. The van der Waals surface area contributed by atoms with Crippen LogP contribution in [-0.2, 0) is 4.79 Å². The Morgan fingerprint density at radius 3 is 2.45 bits per heavy atom. The summed E-state index contributed by atoms with van der Waals surface area (Å²) in [7, 11) is 0. The highest BCUT2D eigenvalue weighted by Gasteiger charge is 2.20. The van der Waals surface area contributed by atoms with E-state index in [1.165, 1.54) is 32.1 Å². The molecule has 0 spiro atoms. The monoisotopic (exact) mass is 303 g/mol. The number of hydrogen-bond donors (Lipinski definition) is 1. The number of carbonyl (C=O) groups is 1. The zero-order valence-corrected chi connectivity index (χ0v) is 14.2. The van der Waals surface area contributed by atoms with Crippen molar-refractivity contribution in [2.45, 2.75) is 77.9 Å². The van der Waals surface area contributed by atoms with Crippen LogP contribution in [0.5, 0.6) is 5.75 Å². The van der Waals surface area contributed by atoms with Crippen molar-refractivity contribution in [3.8, 4) is 5.75 Å². The molecule has 1 aliphatic rings. The number of benzene rings is 1. The van der Waals surface area contributed by atoms with Crippen LogP contribution in [-0.4, -0.2) is 18.1 Å². The SMILES string of the molecule is Cc1ccc(C)c(O[C@@H](C)C(=O)NC2CCCCCCC2)c1. The highest BCUT2D eigenvalue weighted by molar-refractivity contribution is 5.81. The molecular formula is C19H29NO2. The minimum atomic E-state index is -0.453. The molecule has 1 aromatic carbocycles. The predicted molar refractivity (Wildman–Crippen MR) is 90.3 cm³/mol. The van der Waals surface area contributed by atoms with Crippen LogP contribution in [0.25, 0.3) is 0 Å². The van der Waals surface area contributed by atoms with E-state index in [1.54, 1.807) is 0 Å². The van der Waals surface area contributed by atoms with Gasteiger partial charge in [0, 0.05) is 6.04 Å². The van der Waals surface area contributed by atoms with E-state index >= 15 is 0 Å². The lowest BCUT2D eigenvalue weighted by atomic mass is 9.96. The lowest BCUT2D eigenvalue weighted by Crippen LogP contribution is -2.42. The van der Waals surface area contributed by atoms with Crippen LogP contribution < -0.4 is 10.1 Å². The van der Waals surface area contributed by atoms with Gasteiger partial charge in [-0.15, -0.1) is 0 Å². The molecule has 1 N–H and O–H groups in total. The lowest BCUT2D eigenvalue weighted by molar-refractivity contribution is -0.128. The standard InChI is InChI=1S/C19H29NO2/c1-14-11-12-15(2)18(13-14)22-16(3)19(21)20-17-9-7-5-4-6-8-10-17/h11-13,16-17H,4-10H2,1-3H3,(H,20,21)/t16-/m0/s1. The molecule has 1 atom stereocenters. The number of nitrogens with one attached hydrogen (secondary N) is 1. The van der Waals surface area contributed by atoms with Gasteiger partial charge in [0.15, 0.2) is 6.10 Å². The maximum Gasteiger partial charge on any atom is 0.260 e. The first kappa shape index (κ1) is 16.9. The summed E-state index contributed by atoms with van der Waals surface area (Å²) in [6.07, 6.45) is 8.11. The van der Waals surface area contributed by atoms with Gasteiger partial charge < -0.3 is 10.1 Å². The van der Waals surface area contributed by atoms with Gasteiger partial charge >= 0.3 is 0 Å². The molecule has 0 aromatic heterocycles. The molecule has 0 bridgehead atoms. The molecule has 1 aromatic rings. The largest absolute Gasteiger partial charge is 0.481 e. The third-order valence-electron chi connectivity index (χ3n) is 4.47. The molecule has 0 aliphatic heterocycles. The second-order valence-corrected chi connectivity index (χ2v) is 6.58. The van der Waals surface area contributed by atoms with Crippen molar-refractivity contribution in [1.29, 1.82) is 0 Å². The molecule has 0 unspecified atom stereocenters. The first-order chi connectivity index (χ1) is 10.6. The van der Waals surface area contributed by atoms with Crippen LogP contribution in [0.1, 0.15) is 63.0 Å². The fraction of sp³-hybridized carbons (Fsp3) is 0.632. The zero-order valence-electron chi connectivity index (χ0n) is 14.2. The number of carbonyl (C=O) groups excluding carboxylic acids is 1. The van der Waals surface area contributed by atoms with Gasteiger partial charge in [0.1, 0.15) is 5.75 Å². The summed E-state index contributed by atoms with van der Waals surface area (Å²) in [5, 5.41) is 3.18. The average molecular weight is 303 g/mol. The predicted octanol–water partition coefficient (Wildman–Crippen LogP) is 4.30. The average Bonchev–Trinajstić information content (AvgIpc) is 2.45. The maximum absolute atomic E-state index is 12.4. The Hall–Kier alpha value is -1.51. The molecule has 1 amide bonds. The van der Waals surface area contributed by atoms with Gasteiger partial charge in [-0.05, 0) is 50.8 Å². The number of ether oxygens (including phenoxy) is 1. The topological polar surface area (TPSA) is 38.3 Å². The number of rotatable bonds is 4. The van der Waals surface area contributed by atoms with Crippen molar-refractivity contribution in [2.24, 2.45) is 0 Å². The molecular weight excluding hydrogens is 274 g/mol. The highest BCUT2D eigenvalue weighted by Crippen LogP contribution is 2.21. The van der Waals surface area contributed by atoms with Crippen molar-refractivity contribution >= 4 is 5.91 Å². The van der Waals surface area contributed by atoms with Gasteiger partial charge in [0.25, 0.3) is 5.91 Å². The summed E-state index contributed by atoms with van der Waals surface area (Å²) in [6, 6.07) is 6.40. The second kappa shape index (κ2) is 8.21. The molecule has 3 nitrogen and oxygen atoms in total. The lowest BCUT2D eigenvalue weighted by Gasteiger charge is -2.23. The van der Waals surface area contributed by atoms with E-state index in [9.17, 15) is 4.79 Å². The maximum atomic E-state index is 12.4. The fourth-order valence-corrected chi connectivity index (χ4v) is 3.00. The van der Waals surface area contributed by atoms with Gasteiger partial charge in [0.2, 0.25) is 0 Å². The van der Waals surface area contributed by atoms with Gasteiger partial charge in [-0.1, -0.05) is 44.2 Å². The van der Waals surface area contributed by atoms with Crippen molar-refractivity contribution in [2.75, 3.05) is 0 Å². The van der Waals surface area contributed by atoms with E-state index in [4.69, 9.17) is 4.74 Å². The van der Waals surface area contributed by atoms with Crippen LogP contribution in [0.2, 0.25) is 0 Å². The molecule has 2 rings (SSSR count). The number of hydrogen-bond acceptors (Lipinski definition) is 2. The first-order valence-corrected chi connectivity index (χ1v) is 8.60. The van der Waals surface area contributed by atoms with Crippen LogP contribution in [0, 0.1) is 13.8 Å². The van der Waals surface area contributed by atoms with Crippen molar-refractivity contribution in [3.05, 3.63) is 29.3 Å². The third-order valence-corrected chi connectivity index (χ3v) is 4.47. The molecule has 1 fully saturated rings. The van der Waals surface area contributed by atoms with Gasteiger partial charge in [0.05, 0.1) is 0 Å². The Labute approximate surface area is 134 Å². The Kier molecular flexibility index (Phi) is 6.29. The van der Waals surface area contributed by atoms with E-state index in [0.29, 0.717) is 6.04 Å². The smallest absolute Gasteiger partial charge is 0.260 e. The Morgan fingerprint density at radius 1 is 1.14 bits per heavy atom. The molecule has 22 heavy (non-hydrogen) atoms. The number of amides is 1. The van der Waals surface area contributed by atoms with Crippen LogP contribution in [0.4, 0.5) is 0 Å². The van der Waals surface area contributed by atoms with Crippen LogP contribution in [0.15, 0.2) is 18.2 Å². The zero-order chi connectivity index (χ0) is 15.9. The summed E-state index contributed by atoms with van der Waals surface area (Å²) in [4.78, 5) is 12.4. The van der Waals surface area contributed by atoms with Crippen molar-refractivity contribution in [1.82, 2.24) is 5.32 Å². The molecule has 0 saturated heterocycles. The minimum Gasteiger partial charge on any atom is -0.481 e. The van der Waals surface area contributed by atoms with Gasteiger partial charge in [-0.3, -0.25) is 4.79 Å². The Balaban J connectivity index is 1.89. The molecule has 1 saturated carbocycles. The normalized spacial score (nSPS) is 18.1. The first-order valence-electron chi connectivity index (χ1n) is 8.60. The molecule has 0 heterocycles.